The Balaban J connectivity index is 3.11. The van der Waals surface area contributed by atoms with E-state index in [0.29, 0.717) is 0 Å². The number of rotatable bonds is 4. The topological polar surface area (TPSA) is 101 Å². The van der Waals surface area contributed by atoms with Crippen LogP contribution in [0.25, 0.3) is 10.9 Å². The summed E-state index contributed by atoms with van der Waals surface area (Å²) in [5.74, 6) is -5.15. The number of benzene rings is 1. The molecule has 1 aromatic carbocycles. The van der Waals surface area contributed by atoms with E-state index in [1.165, 1.54) is 14.0 Å². The van der Waals surface area contributed by atoms with Crippen molar-refractivity contribution in [3.63, 3.8) is 0 Å². The number of nitro benzene ring substituents is 1. The highest BCUT2D eigenvalue weighted by atomic mass is 19.2. The van der Waals surface area contributed by atoms with E-state index in [9.17, 15) is 28.5 Å². The molecule has 1 aromatic heterocycles. The maximum atomic E-state index is 14.1. The molecular weight excluding hydrogens is 330 g/mol. The molecule has 0 amide bonds. The average Bonchev–Trinajstić information content (AvgIpc) is 2.52. The van der Waals surface area contributed by atoms with Crippen LogP contribution in [-0.2, 0) is 11.8 Å². The molecule has 128 valence electrons. The fourth-order valence-electron chi connectivity index (χ4n) is 2.36. The second kappa shape index (κ2) is 6.22. The van der Waals surface area contributed by atoms with E-state index in [0.717, 1.165) is 17.9 Å². The second-order valence-corrected chi connectivity index (χ2v) is 4.69. The Hall–Kier alpha value is -3.04. The summed E-state index contributed by atoms with van der Waals surface area (Å²) >= 11 is 0. The predicted molar refractivity (Wildman–Crippen MR) is 78.3 cm³/mol. The Morgan fingerprint density at radius 3 is 2.50 bits per heavy atom. The summed E-state index contributed by atoms with van der Waals surface area (Å²) in [4.78, 5) is 34.3. The quantitative estimate of drug-likeness (QED) is 0.478. The number of hydrogen-bond acceptors (Lipinski definition) is 6. The average molecular weight is 342 g/mol. The maximum absolute atomic E-state index is 14.1. The van der Waals surface area contributed by atoms with Gasteiger partial charge in [0.25, 0.3) is 0 Å². The third-order valence-electron chi connectivity index (χ3n) is 3.32. The smallest absolute Gasteiger partial charge is 0.343 e. The van der Waals surface area contributed by atoms with E-state index in [1.54, 1.807) is 0 Å². The van der Waals surface area contributed by atoms with E-state index >= 15 is 0 Å². The van der Waals surface area contributed by atoms with Crippen molar-refractivity contribution in [1.82, 2.24) is 4.57 Å². The van der Waals surface area contributed by atoms with Crippen LogP contribution in [0.1, 0.15) is 17.3 Å². The molecule has 24 heavy (non-hydrogen) atoms. The Kier molecular flexibility index (Phi) is 4.49. The molecule has 0 aliphatic heterocycles. The van der Waals surface area contributed by atoms with Crippen LogP contribution in [0.4, 0.5) is 14.5 Å². The summed E-state index contributed by atoms with van der Waals surface area (Å²) in [6.45, 7) is 1.47. The molecule has 0 bridgehead atoms. The highest BCUT2D eigenvalue weighted by molar-refractivity contribution is 5.99. The summed E-state index contributed by atoms with van der Waals surface area (Å²) in [5, 5.41) is 10.4. The van der Waals surface area contributed by atoms with Crippen LogP contribution in [0.5, 0.6) is 5.75 Å². The van der Waals surface area contributed by atoms with Crippen LogP contribution in [-0.4, -0.2) is 29.2 Å². The lowest BCUT2D eigenvalue weighted by Crippen LogP contribution is -2.22. The van der Waals surface area contributed by atoms with Crippen LogP contribution in [0.3, 0.4) is 0 Å². The third kappa shape index (κ3) is 2.45. The number of ether oxygens (including phenoxy) is 2. The fourth-order valence-corrected chi connectivity index (χ4v) is 2.36. The number of aromatic nitrogens is 1. The van der Waals surface area contributed by atoms with E-state index < -0.39 is 50.3 Å². The summed E-state index contributed by atoms with van der Waals surface area (Å²) in [6.07, 6.45) is 1.02. The third-order valence-corrected chi connectivity index (χ3v) is 3.32. The summed E-state index contributed by atoms with van der Waals surface area (Å²) in [5.41, 5.74) is -3.40. The fraction of sp³-hybridized carbons (Fsp3) is 0.286. The number of carbonyl (C=O) groups excluding carboxylic acids is 1. The monoisotopic (exact) mass is 342 g/mol. The molecule has 0 unspecified atom stereocenters. The number of aryl methyl sites for hydroxylation is 1. The molecule has 0 radical (unpaired) electrons. The Morgan fingerprint density at radius 1 is 1.38 bits per heavy atom. The van der Waals surface area contributed by atoms with Gasteiger partial charge in [0.05, 0.1) is 18.6 Å². The van der Waals surface area contributed by atoms with Crippen molar-refractivity contribution in [2.45, 2.75) is 6.92 Å². The molecule has 0 aliphatic rings. The van der Waals surface area contributed by atoms with Gasteiger partial charge in [0.2, 0.25) is 17.1 Å². The molecule has 0 spiro atoms. The van der Waals surface area contributed by atoms with Crippen molar-refractivity contribution in [2.24, 2.45) is 7.05 Å². The minimum absolute atomic E-state index is 0.0385. The first-order valence-electron chi connectivity index (χ1n) is 6.65. The van der Waals surface area contributed by atoms with E-state index in [1.807, 2.05) is 0 Å². The minimum atomic E-state index is -1.84. The van der Waals surface area contributed by atoms with Crippen molar-refractivity contribution >= 4 is 22.6 Å². The van der Waals surface area contributed by atoms with Gasteiger partial charge >= 0.3 is 11.7 Å². The standard InChI is InChI=1S/C14H12F2N2O6/c1-4-24-14(20)6-5-17(2)11-7(12(6)19)10(18(21)22)8(15)9(16)13(11)23-3/h5H,4H2,1-3H3. The predicted octanol–water partition coefficient (Wildman–Crippen LogP) is 1.91. The summed E-state index contributed by atoms with van der Waals surface area (Å²) in [7, 11) is 2.32. The van der Waals surface area contributed by atoms with Crippen molar-refractivity contribution < 1.29 is 28.0 Å². The first kappa shape index (κ1) is 17.3. The molecule has 8 nitrogen and oxygen atoms in total. The van der Waals surface area contributed by atoms with Gasteiger partial charge in [-0.25, -0.2) is 4.79 Å². The van der Waals surface area contributed by atoms with Crippen molar-refractivity contribution in [2.75, 3.05) is 13.7 Å². The van der Waals surface area contributed by atoms with Gasteiger partial charge in [0.1, 0.15) is 16.5 Å². The molecule has 0 atom stereocenters. The normalized spacial score (nSPS) is 10.7. The largest absolute Gasteiger partial charge is 0.491 e. The van der Waals surface area contributed by atoms with Gasteiger partial charge in [-0.3, -0.25) is 14.9 Å². The Bertz CT molecular complexity index is 922. The number of nitro groups is 1. The molecule has 2 rings (SSSR count). The van der Waals surface area contributed by atoms with Gasteiger partial charge in [0.15, 0.2) is 5.75 Å². The molecule has 2 aromatic rings. The zero-order valence-electron chi connectivity index (χ0n) is 12.9. The number of halogens is 2. The molecule has 0 fully saturated rings. The van der Waals surface area contributed by atoms with Crippen molar-refractivity contribution in [3.05, 3.63) is 43.7 Å². The van der Waals surface area contributed by atoms with Gasteiger partial charge in [-0.15, -0.1) is 0 Å². The highest BCUT2D eigenvalue weighted by Crippen LogP contribution is 2.36. The lowest BCUT2D eigenvalue weighted by atomic mass is 10.1. The molecule has 0 aliphatic carbocycles. The minimum Gasteiger partial charge on any atom is -0.491 e. The van der Waals surface area contributed by atoms with Crippen LogP contribution in [0.15, 0.2) is 11.0 Å². The lowest BCUT2D eigenvalue weighted by Gasteiger charge is -2.13. The Labute approximate surface area is 133 Å². The van der Waals surface area contributed by atoms with Crippen molar-refractivity contribution in [3.8, 4) is 5.75 Å². The number of pyridine rings is 1. The number of carbonyl (C=O) groups is 1. The van der Waals surface area contributed by atoms with Gasteiger partial charge < -0.3 is 14.0 Å². The van der Waals surface area contributed by atoms with Crippen LogP contribution < -0.4 is 10.2 Å². The molecular formula is C14H12F2N2O6. The van der Waals surface area contributed by atoms with Gasteiger partial charge in [0, 0.05) is 13.2 Å². The summed E-state index contributed by atoms with van der Waals surface area (Å²) in [6, 6.07) is 0. The summed E-state index contributed by atoms with van der Waals surface area (Å²) < 4.78 is 38.6. The molecule has 1 heterocycles. The second-order valence-electron chi connectivity index (χ2n) is 4.69. The van der Waals surface area contributed by atoms with Crippen LogP contribution >= 0.6 is 0 Å². The SMILES string of the molecule is CCOC(=O)c1cn(C)c2c(OC)c(F)c(F)c([N+](=O)[O-])c2c1=O. The molecule has 0 saturated carbocycles. The zero-order valence-corrected chi connectivity index (χ0v) is 12.9. The number of fused-ring (bicyclic) bond motifs is 1. The Morgan fingerprint density at radius 2 is 2.00 bits per heavy atom. The zero-order chi connectivity index (χ0) is 18.2. The number of nitrogens with zero attached hydrogens (tertiary/aromatic N) is 2. The van der Waals surface area contributed by atoms with Gasteiger partial charge in [-0.2, -0.15) is 8.78 Å². The van der Waals surface area contributed by atoms with E-state index in [4.69, 9.17) is 9.47 Å². The van der Waals surface area contributed by atoms with Gasteiger partial charge in [-0.05, 0) is 6.92 Å². The first-order chi connectivity index (χ1) is 11.3. The van der Waals surface area contributed by atoms with E-state index in [2.05, 4.69) is 0 Å². The van der Waals surface area contributed by atoms with Crippen LogP contribution in [0.2, 0.25) is 0 Å². The van der Waals surface area contributed by atoms with E-state index in [-0.39, 0.29) is 12.1 Å². The molecule has 0 saturated heterocycles. The number of esters is 1. The van der Waals surface area contributed by atoms with Gasteiger partial charge in [-0.1, -0.05) is 0 Å². The lowest BCUT2D eigenvalue weighted by molar-refractivity contribution is -0.386. The first-order valence-corrected chi connectivity index (χ1v) is 6.65. The molecule has 10 heteroatoms. The van der Waals surface area contributed by atoms with Crippen molar-refractivity contribution in [1.29, 1.82) is 0 Å². The number of hydrogen-bond donors (Lipinski definition) is 0. The van der Waals surface area contributed by atoms with Crippen LogP contribution in [0, 0.1) is 21.7 Å². The highest BCUT2D eigenvalue weighted by Gasteiger charge is 2.33. The molecule has 0 N–H and O–H groups in total. The maximum Gasteiger partial charge on any atom is 0.343 e. The number of methoxy groups -OCH3 is 1.